The summed E-state index contributed by atoms with van der Waals surface area (Å²) in [5, 5.41) is 0. The van der Waals surface area contributed by atoms with E-state index in [-0.39, 0.29) is 5.41 Å². The number of pyridine rings is 1. The largest absolute Gasteiger partial charge is 0.495 e. The lowest BCUT2D eigenvalue weighted by Gasteiger charge is -2.16. The summed E-state index contributed by atoms with van der Waals surface area (Å²) >= 11 is 0. The number of nitrogens with two attached hydrogens (primary N) is 1. The second-order valence-corrected chi connectivity index (χ2v) is 3.87. The van der Waals surface area contributed by atoms with Crippen LogP contribution >= 0.6 is 0 Å². The molecule has 1 aliphatic rings. The van der Waals surface area contributed by atoms with E-state index in [1.807, 2.05) is 18.3 Å². The monoisotopic (exact) mass is 192 g/mol. The maximum Gasteiger partial charge on any atom is 0.140 e. The van der Waals surface area contributed by atoms with E-state index in [4.69, 9.17) is 10.5 Å². The highest BCUT2D eigenvalue weighted by molar-refractivity contribution is 5.37. The molecule has 14 heavy (non-hydrogen) atoms. The minimum atomic E-state index is 0.224. The Kier molecular flexibility index (Phi) is 2.42. The summed E-state index contributed by atoms with van der Waals surface area (Å²) in [5.74, 6) is 0.901. The van der Waals surface area contributed by atoms with Crippen LogP contribution in [-0.4, -0.2) is 18.6 Å². The van der Waals surface area contributed by atoms with Crippen molar-refractivity contribution in [3.8, 4) is 5.75 Å². The van der Waals surface area contributed by atoms with Crippen molar-refractivity contribution >= 4 is 0 Å². The van der Waals surface area contributed by atoms with Crippen LogP contribution in [0.25, 0.3) is 0 Å². The third-order valence-electron chi connectivity index (χ3n) is 2.97. The number of methoxy groups -OCH3 is 1. The minimum Gasteiger partial charge on any atom is -0.495 e. The Balaban J connectivity index is 2.31. The molecule has 0 spiro atoms. The van der Waals surface area contributed by atoms with Crippen LogP contribution in [-0.2, 0) is 5.41 Å². The lowest BCUT2D eigenvalue weighted by molar-refractivity contribution is 0.397. The molecular formula is C11H16N2O. The van der Waals surface area contributed by atoms with Crippen molar-refractivity contribution in [1.29, 1.82) is 0 Å². The highest BCUT2D eigenvalue weighted by atomic mass is 16.5. The first-order chi connectivity index (χ1) is 6.82. The van der Waals surface area contributed by atoms with E-state index in [1.165, 1.54) is 12.8 Å². The van der Waals surface area contributed by atoms with E-state index in [1.54, 1.807) is 7.11 Å². The highest BCUT2D eigenvalue weighted by Gasteiger charge is 2.46. The fourth-order valence-corrected chi connectivity index (χ4v) is 1.99. The fourth-order valence-electron chi connectivity index (χ4n) is 1.99. The molecule has 1 fully saturated rings. The van der Waals surface area contributed by atoms with Gasteiger partial charge in [0.15, 0.2) is 0 Å². The van der Waals surface area contributed by atoms with Crippen LogP contribution in [0.2, 0.25) is 0 Å². The van der Waals surface area contributed by atoms with E-state index >= 15 is 0 Å². The molecule has 0 radical (unpaired) electrons. The summed E-state index contributed by atoms with van der Waals surface area (Å²) in [6, 6.07) is 3.87. The zero-order valence-corrected chi connectivity index (χ0v) is 8.49. The molecule has 3 nitrogen and oxygen atoms in total. The third kappa shape index (κ3) is 1.48. The summed E-state index contributed by atoms with van der Waals surface area (Å²) in [7, 11) is 1.69. The predicted octanol–water partition coefficient (Wildman–Crippen LogP) is 1.47. The number of ether oxygens (including phenoxy) is 1. The molecule has 1 saturated carbocycles. The van der Waals surface area contributed by atoms with Gasteiger partial charge in [-0.2, -0.15) is 0 Å². The van der Waals surface area contributed by atoms with Gasteiger partial charge in [0.25, 0.3) is 0 Å². The van der Waals surface area contributed by atoms with Gasteiger partial charge in [0.2, 0.25) is 0 Å². The molecule has 3 heteroatoms. The van der Waals surface area contributed by atoms with Gasteiger partial charge in [-0.25, -0.2) is 0 Å². The number of rotatable bonds is 4. The number of hydrogen-bond donors (Lipinski definition) is 1. The molecule has 1 aliphatic carbocycles. The van der Waals surface area contributed by atoms with Crippen molar-refractivity contribution in [3.63, 3.8) is 0 Å². The zero-order valence-electron chi connectivity index (χ0n) is 8.49. The Labute approximate surface area is 84.3 Å². The van der Waals surface area contributed by atoms with Crippen molar-refractivity contribution in [2.24, 2.45) is 5.73 Å². The van der Waals surface area contributed by atoms with Crippen molar-refractivity contribution in [1.82, 2.24) is 4.98 Å². The molecule has 2 rings (SSSR count). The Hall–Kier alpha value is -1.09. The third-order valence-corrected chi connectivity index (χ3v) is 2.97. The second-order valence-electron chi connectivity index (χ2n) is 3.87. The van der Waals surface area contributed by atoms with Gasteiger partial charge in [-0.3, -0.25) is 4.98 Å². The van der Waals surface area contributed by atoms with Crippen molar-refractivity contribution in [2.75, 3.05) is 13.7 Å². The Morgan fingerprint density at radius 1 is 1.57 bits per heavy atom. The highest BCUT2D eigenvalue weighted by Crippen LogP contribution is 2.52. The summed E-state index contributed by atoms with van der Waals surface area (Å²) in [5.41, 5.74) is 6.93. The molecule has 76 valence electrons. The van der Waals surface area contributed by atoms with E-state index < -0.39 is 0 Å². The number of nitrogens with zero attached hydrogens (tertiary/aromatic N) is 1. The van der Waals surface area contributed by atoms with E-state index in [2.05, 4.69) is 4.98 Å². The molecule has 1 aromatic heterocycles. The molecule has 0 amide bonds. The van der Waals surface area contributed by atoms with Gasteiger partial charge in [0.1, 0.15) is 5.75 Å². The minimum absolute atomic E-state index is 0.224. The van der Waals surface area contributed by atoms with Gasteiger partial charge in [-0.05, 0) is 37.9 Å². The average molecular weight is 192 g/mol. The molecule has 0 bridgehead atoms. The molecule has 0 aromatic carbocycles. The maximum absolute atomic E-state index is 5.61. The Morgan fingerprint density at radius 3 is 2.93 bits per heavy atom. The standard InChI is InChI=1S/C11H16N2O/c1-14-9-3-2-8-13-10(9)11(4-5-11)6-7-12/h2-3,8H,4-7,12H2,1H3. The lowest BCUT2D eigenvalue weighted by atomic mass is 9.97. The maximum atomic E-state index is 5.61. The molecule has 1 heterocycles. The van der Waals surface area contributed by atoms with Crippen LogP contribution in [0.5, 0.6) is 5.75 Å². The first-order valence-electron chi connectivity index (χ1n) is 5.02. The van der Waals surface area contributed by atoms with E-state index in [9.17, 15) is 0 Å². The van der Waals surface area contributed by atoms with Crippen LogP contribution in [0, 0.1) is 0 Å². The van der Waals surface area contributed by atoms with Gasteiger partial charge < -0.3 is 10.5 Å². The molecule has 0 atom stereocenters. The van der Waals surface area contributed by atoms with Crippen LogP contribution < -0.4 is 10.5 Å². The number of hydrogen-bond acceptors (Lipinski definition) is 3. The smallest absolute Gasteiger partial charge is 0.140 e. The molecule has 2 N–H and O–H groups in total. The van der Waals surface area contributed by atoms with Gasteiger partial charge >= 0.3 is 0 Å². The van der Waals surface area contributed by atoms with Gasteiger partial charge in [0.05, 0.1) is 12.8 Å². The normalized spacial score (nSPS) is 17.9. The van der Waals surface area contributed by atoms with Crippen molar-refractivity contribution < 1.29 is 4.74 Å². The summed E-state index contributed by atoms with van der Waals surface area (Å²) in [6.45, 7) is 0.722. The Morgan fingerprint density at radius 2 is 2.36 bits per heavy atom. The van der Waals surface area contributed by atoms with Crippen molar-refractivity contribution in [3.05, 3.63) is 24.0 Å². The topological polar surface area (TPSA) is 48.1 Å². The average Bonchev–Trinajstić information content (AvgIpc) is 2.99. The summed E-state index contributed by atoms with van der Waals surface area (Å²) < 4.78 is 5.31. The number of aromatic nitrogens is 1. The van der Waals surface area contributed by atoms with E-state index in [0.29, 0.717) is 0 Å². The molecular weight excluding hydrogens is 176 g/mol. The SMILES string of the molecule is COc1cccnc1C1(CCN)CC1. The zero-order chi connectivity index (χ0) is 10.0. The molecule has 0 aliphatic heterocycles. The first-order valence-corrected chi connectivity index (χ1v) is 5.02. The van der Waals surface area contributed by atoms with Gasteiger partial charge in [-0.15, -0.1) is 0 Å². The van der Waals surface area contributed by atoms with E-state index in [0.717, 1.165) is 24.4 Å². The molecule has 0 saturated heterocycles. The quantitative estimate of drug-likeness (QED) is 0.785. The van der Waals surface area contributed by atoms with Crippen LogP contribution in [0.1, 0.15) is 25.0 Å². The van der Waals surface area contributed by atoms with Crippen LogP contribution in [0.4, 0.5) is 0 Å². The summed E-state index contributed by atoms with van der Waals surface area (Å²) in [4.78, 5) is 4.42. The van der Waals surface area contributed by atoms with Crippen LogP contribution in [0.3, 0.4) is 0 Å². The van der Waals surface area contributed by atoms with Crippen LogP contribution in [0.15, 0.2) is 18.3 Å². The van der Waals surface area contributed by atoms with Gasteiger partial charge in [-0.1, -0.05) is 0 Å². The van der Waals surface area contributed by atoms with Crippen molar-refractivity contribution in [2.45, 2.75) is 24.7 Å². The Bertz CT molecular complexity index is 321. The lowest BCUT2D eigenvalue weighted by Crippen LogP contribution is -2.15. The molecule has 1 aromatic rings. The predicted molar refractivity (Wildman–Crippen MR) is 55.4 cm³/mol. The van der Waals surface area contributed by atoms with Gasteiger partial charge in [0, 0.05) is 11.6 Å². The fraction of sp³-hybridized carbons (Fsp3) is 0.545. The second kappa shape index (κ2) is 3.58. The summed E-state index contributed by atoms with van der Waals surface area (Å²) in [6.07, 6.45) is 5.23. The first kappa shape index (κ1) is 9.46. The molecule has 0 unspecified atom stereocenters.